The van der Waals surface area contributed by atoms with E-state index in [1.807, 2.05) is 18.2 Å². The number of rotatable bonds is 6. The molecule has 1 aliphatic heterocycles. The number of nitrogens with zero attached hydrogens (tertiary/aromatic N) is 2. The normalized spacial score (nSPS) is 17.9. The minimum absolute atomic E-state index is 0.245. The van der Waals surface area contributed by atoms with E-state index in [4.69, 9.17) is 0 Å². The van der Waals surface area contributed by atoms with E-state index >= 15 is 0 Å². The number of benzene rings is 1. The molecule has 1 unspecified atom stereocenters. The molecule has 110 valence electrons. The standard InChI is InChI=1S/C15H22N2O2S/c1-4-17(5-2)8-9-20-11-6-7-12-13(10-11)16(3)15(19)14(12)18/h6-7,10,14,18H,4-5,8-9H2,1-3H3. The van der Waals surface area contributed by atoms with Crippen molar-refractivity contribution in [1.29, 1.82) is 0 Å². The van der Waals surface area contributed by atoms with Gasteiger partial charge in [-0.15, -0.1) is 11.8 Å². The molecule has 1 atom stereocenters. The summed E-state index contributed by atoms with van der Waals surface area (Å²) in [5.74, 6) is 0.783. The maximum Gasteiger partial charge on any atom is 0.260 e. The van der Waals surface area contributed by atoms with Gasteiger partial charge in [0.15, 0.2) is 6.10 Å². The molecular formula is C15H22N2O2S. The summed E-state index contributed by atoms with van der Waals surface area (Å²) in [5, 5.41) is 9.82. The summed E-state index contributed by atoms with van der Waals surface area (Å²) in [6, 6.07) is 5.85. The smallest absolute Gasteiger partial charge is 0.260 e. The van der Waals surface area contributed by atoms with Crippen LogP contribution >= 0.6 is 11.8 Å². The molecule has 0 spiro atoms. The van der Waals surface area contributed by atoms with E-state index in [0.717, 1.165) is 36.0 Å². The van der Waals surface area contributed by atoms with E-state index in [-0.39, 0.29) is 5.91 Å². The molecule has 0 saturated carbocycles. The highest BCUT2D eigenvalue weighted by Gasteiger charge is 2.33. The minimum Gasteiger partial charge on any atom is -0.378 e. The Morgan fingerprint density at radius 2 is 2.05 bits per heavy atom. The third-order valence-electron chi connectivity index (χ3n) is 3.79. The second-order valence-corrected chi connectivity index (χ2v) is 6.06. The van der Waals surface area contributed by atoms with Crippen LogP contribution in [0.2, 0.25) is 0 Å². The van der Waals surface area contributed by atoms with Crippen LogP contribution in [-0.4, -0.2) is 48.3 Å². The number of fused-ring (bicyclic) bond motifs is 1. The molecule has 1 aromatic rings. The lowest BCUT2D eigenvalue weighted by Crippen LogP contribution is -2.25. The summed E-state index contributed by atoms with van der Waals surface area (Å²) in [6.07, 6.45) is -0.996. The van der Waals surface area contributed by atoms with E-state index in [1.165, 1.54) is 4.90 Å². The summed E-state index contributed by atoms with van der Waals surface area (Å²) in [7, 11) is 1.71. The average Bonchev–Trinajstić information content (AvgIpc) is 2.68. The Morgan fingerprint density at radius 1 is 1.35 bits per heavy atom. The first-order valence-corrected chi connectivity index (χ1v) is 8.01. The van der Waals surface area contributed by atoms with E-state index < -0.39 is 6.10 Å². The highest BCUT2D eigenvalue weighted by atomic mass is 32.2. The van der Waals surface area contributed by atoms with Crippen LogP contribution in [-0.2, 0) is 4.79 Å². The first-order chi connectivity index (χ1) is 9.58. The third kappa shape index (κ3) is 3.00. The zero-order chi connectivity index (χ0) is 14.7. The van der Waals surface area contributed by atoms with Gasteiger partial charge in [0.25, 0.3) is 5.91 Å². The number of carbonyl (C=O) groups is 1. The molecule has 1 N–H and O–H groups in total. The molecule has 0 bridgehead atoms. The lowest BCUT2D eigenvalue weighted by molar-refractivity contribution is -0.125. The number of amides is 1. The van der Waals surface area contributed by atoms with Gasteiger partial charge in [-0.05, 0) is 25.2 Å². The highest BCUT2D eigenvalue weighted by molar-refractivity contribution is 7.99. The molecule has 0 saturated heterocycles. The molecule has 0 fully saturated rings. The molecule has 1 heterocycles. The van der Waals surface area contributed by atoms with Crippen LogP contribution in [0.15, 0.2) is 23.1 Å². The van der Waals surface area contributed by atoms with Crippen LogP contribution < -0.4 is 4.90 Å². The number of anilines is 1. The molecule has 1 aliphatic rings. The zero-order valence-electron chi connectivity index (χ0n) is 12.3. The zero-order valence-corrected chi connectivity index (χ0v) is 13.1. The van der Waals surface area contributed by atoms with Gasteiger partial charge in [-0.3, -0.25) is 4.79 Å². The van der Waals surface area contributed by atoms with Gasteiger partial charge in [-0.1, -0.05) is 19.9 Å². The van der Waals surface area contributed by atoms with Gasteiger partial charge >= 0.3 is 0 Å². The quantitative estimate of drug-likeness (QED) is 0.816. The summed E-state index contributed by atoms with van der Waals surface area (Å²) in [6.45, 7) is 7.55. The van der Waals surface area contributed by atoms with Crippen molar-refractivity contribution in [1.82, 2.24) is 4.90 Å². The molecule has 0 aromatic heterocycles. The van der Waals surface area contributed by atoms with E-state index in [0.29, 0.717) is 5.56 Å². The van der Waals surface area contributed by atoms with Crippen LogP contribution in [0, 0.1) is 0 Å². The summed E-state index contributed by atoms with van der Waals surface area (Å²) in [5.41, 5.74) is 1.54. The number of aliphatic hydroxyl groups excluding tert-OH is 1. The monoisotopic (exact) mass is 294 g/mol. The number of aliphatic hydroxyl groups is 1. The van der Waals surface area contributed by atoms with Crippen molar-refractivity contribution >= 4 is 23.4 Å². The molecule has 2 rings (SSSR count). The number of carbonyl (C=O) groups excluding carboxylic acids is 1. The summed E-state index contributed by atoms with van der Waals surface area (Å²) in [4.78, 5) is 16.8. The first-order valence-electron chi connectivity index (χ1n) is 7.03. The van der Waals surface area contributed by atoms with Crippen LogP contribution in [0.25, 0.3) is 0 Å². The fourth-order valence-corrected chi connectivity index (χ4v) is 3.35. The fraction of sp³-hybridized carbons (Fsp3) is 0.533. The maximum absolute atomic E-state index is 11.7. The molecule has 4 nitrogen and oxygen atoms in total. The SMILES string of the molecule is CCN(CC)CCSc1ccc2c(c1)N(C)C(=O)C2O. The average molecular weight is 294 g/mol. The Morgan fingerprint density at radius 3 is 2.70 bits per heavy atom. The van der Waals surface area contributed by atoms with Gasteiger partial charge < -0.3 is 14.9 Å². The maximum atomic E-state index is 11.7. The van der Waals surface area contributed by atoms with Crippen molar-refractivity contribution in [2.24, 2.45) is 0 Å². The van der Waals surface area contributed by atoms with Crippen LogP contribution in [0.4, 0.5) is 5.69 Å². The Labute approximate surface area is 124 Å². The molecule has 1 aromatic carbocycles. The van der Waals surface area contributed by atoms with E-state index in [1.54, 1.807) is 18.8 Å². The van der Waals surface area contributed by atoms with Crippen LogP contribution in [0.1, 0.15) is 25.5 Å². The predicted octanol–water partition coefficient (Wildman–Crippen LogP) is 2.13. The van der Waals surface area contributed by atoms with Crippen molar-refractivity contribution < 1.29 is 9.90 Å². The molecule has 5 heteroatoms. The van der Waals surface area contributed by atoms with Gasteiger partial charge in [-0.25, -0.2) is 0 Å². The fourth-order valence-electron chi connectivity index (χ4n) is 2.40. The number of hydrogen-bond acceptors (Lipinski definition) is 4. The Kier molecular flexibility index (Phi) is 5.07. The molecule has 20 heavy (non-hydrogen) atoms. The van der Waals surface area contributed by atoms with Gasteiger partial charge in [0.1, 0.15) is 0 Å². The van der Waals surface area contributed by atoms with Crippen LogP contribution in [0.5, 0.6) is 0 Å². The topological polar surface area (TPSA) is 43.8 Å². The van der Waals surface area contributed by atoms with Crippen molar-refractivity contribution in [2.45, 2.75) is 24.8 Å². The second kappa shape index (κ2) is 6.61. The van der Waals surface area contributed by atoms with Crippen molar-refractivity contribution in [2.75, 3.05) is 37.3 Å². The Hall–Kier alpha value is -1.04. The van der Waals surface area contributed by atoms with E-state index in [2.05, 4.69) is 18.7 Å². The number of thioether (sulfide) groups is 1. The van der Waals surface area contributed by atoms with Gasteiger partial charge in [0.2, 0.25) is 0 Å². The second-order valence-electron chi connectivity index (χ2n) is 4.90. The Bertz CT molecular complexity index is 489. The predicted molar refractivity (Wildman–Crippen MR) is 83.3 cm³/mol. The number of hydrogen-bond donors (Lipinski definition) is 1. The van der Waals surface area contributed by atoms with Gasteiger partial charge in [0.05, 0.1) is 5.69 Å². The summed E-state index contributed by atoms with van der Waals surface area (Å²) < 4.78 is 0. The highest BCUT2D eigenvalue weighted by Crippen LogP contribution is 2.37. The van der Waals surface area contributed by atoms with Gasteiger partial charge in [-0.2, -0.15) is 0 Å². The molecule has 0 aliphatic carbocycles. The molecular weight excluding hydrogens is 272 g/mol. The van der Waals surface area contributed by atoms with Crippen molar-refractivity contribution in [3.05, 3.63) is 23.8 Å². The van der Waals surface area contributed by atoms with Gasteiger partial charge in [0, 0.05) is 29.8 Å². The van der Waals surface area contributed by atoms with Crippen LogP contribution in [0.3, 0.4) is 0 Å². The van der Waals surface area contributed by atoms with Crippen molar-refractivity contribution in [3.63, 3.8) is 0 Å². The lowest BCUT2D eigenvalue weighted by atomic mass is 10.1. The third-order valence-corrected chi connectivity index (χ3v) is 4.77. The minimum atomic E-state index is -0.996. The largest absolute Gasteiger partial charge is 0.378 e. The summed E-state index contributed by atoms with van der Waals surface area (Å²) >= 11 is 1.79. The van der Waals surface area contributed by atoms with Crippen molar-refractivity contribution in [3.8, 4) is 0 Å². The molecule has 1 amide bonds. The first kappa shape index (κ1) is 15.4. The van der Waals surface area contributed by atoms with E-state index in [9.17, 15) is 9.90 Å². The number of likely N-dealkylation sites (N-methyl/N-ethyl adjacent to an activating group) is 1. The lowest BCUT2D eigenvalue weighted by Gasteiger charge is -2.17. The molecule has 0 radical (unpaired) electrons. The Balaban J connectivity index is 2.00.